The molecule has 0 aliphatic heterocycles. The van der Waals surface area contributed by atoms with Crippen LogP contribution in [-0.4, -0.2) is 28.3 Å². The van der Waals surface area contributed by atoms with Gasteiger partial charge in [0.15, 0.2) is 8.32 Å². The lowest BCUT2D eigenvalue weighted by atomic mass is 10.1. The highest BCUT2D eigenvalue weighted by atomic mass is 28.4. The van der Waals surface area contributed by atoms with E-state index in [1.165, 1.54) is 0 Å². The van der Waals surface area contributed by atoms with Crippen molar-refractivity contribution >= 4 is 22.7 Å². The third-order valence-electron chi connectivity index (χ3n) is 3.46. The molecule has 0 aliphatic carbocycles. The molecule has 0 saturated heterocycles. The molecule has 0 aromatic heterocycles. The SMILES string of the molecule is CC(C)(C)[Si](C)(C)O[C@@](C)(C#C[Si](C)(C)C)CC=O. The first-order valence-electron chi connectivity index (χ1n) is 6.91. The molecule has 0 saturated carbocycles. The molecule has 1 atom stereocenters. The zero-order chi connectivity index (χ0) is 15.5. The van der Waals surface area contributed by atoms with Crippen molar-refractivity contribution in [2.24, 2.45) is 0 Å². The Balaban J connectivity index is 5.32. The standard InChI is InChI=1S/C15H30O2Si2/c1-14(2,3)19(8,9)17-15(4,10-12-16)11-13-18(5,6)7/h12H,10H2,1-9H3/t15-/m1/s1. The van der Waals surface area contributed by atoms with Crippen LogP contribution < -0.4 is 0 Å². The summed E-state index contributed by atoms with van der Waals surface area (Å²) in [6.07, 6.45) is 1.27. The second-order valence-corrected chi connectivity index (χ2v) is 17.4. The Morgan fingerprint density at radius 3 is 1.84 bits per heavy atom. The van der Waals surface area contributed by atoms with Gasteiger partial charge in [-0.05, 0) is 25.1 Å². The van der Waals surface area contributed by atoms with E-state index in [9.17, 15) is 4.79 Å². The molecule has 0 aromatic rings. The maximum atomic E-state index is 11.0. The van der Waals surface area contributed by atoms with Gasteiger partial charge in [-0.3, -0.25) is 0 Å². The van der Waals surface area contributed by atoms with Crippen molar-refractivity contribution in [1.82, 2.24) is 0 Å². The van der Waals surface area contributed by atoms with E-state index < -0.39 is 22.0 Å². The van der Waals surface area contributed by atoms with Crippen molar-refractivity contribution in [3.63, 3.8) is 0 Å². The molecule has 19 heavy (non-hydrogen) atoms. The van der Waals surface area contributed by atoms with Crippen LogP contribution in [0.4, 0.5) is 0 Å². The maximum absolute atomic E-state index is 11.0. The molecule has 0 unspecified atom stereocenters. The van der Waals surface area contributed by atoms with Gasteiger partial charge in [-0.15, -0.1) is 5.54 Å². The predicted octanol–water partition coefficient (Wildman–Crippen LogP) is 4.24. The molecule has 4 heteroatoms. The van der Waals surface area contributed by atoms with Gasteiger partial charge in [0, 0.05) is 6.42 Å². The number of carbonyl (C=O) groups excluding carboxylic acids is 1. The van der Waals surface area contributed by atoms with Crippen LogP contribution in [-0.2, 0) is 9.22 Å². The summed E-state index contributed by atoms with van der Waals surface area (Å²) in [5, 5.41) is 0.123. The average molecular weight is 299 g/mol. The summed E-state index contributed by atoms with van der Waals surface area (Å²) in [6, 6.07) is 0. The van der Waals surface area contributed by atoms with Gasteiger partial charge in [-0.25, -0.2) is 0 Å². The molecule has 0 spiro atoms. The fourth-order valence-electron chi connectivity index (χ4n) is 1.31. The van der Waals surface area contributed by atoms with E-state index in [0.717, 1.165) is 6.29 Å². The fourth-order valence-corrected chi connectivity index (χ4v) is 3.52. The summed E-state index contributed by atoms with van der Waals surface area (Å²) in [6.45, 7) is 19.6. The van der Waals surface area contributed by atoms with Crippen molar-refractivity contribution in [2.45, 2.75) is 77.5 Å². The minimum absolute atomic E-state index is 0.123. The minimum Gasteiger partial charge on any atom is -0.401 e. The van der Waals surface area contributed by atoms with Gasteiger partial charge in [0.1, 0.15) is 20.0 Å². The van der Waals surface area contributed by atoms with E-state index in [2.05, 4.69) is 65.0 Å². The van der Waals surface area contributed by atoms with Crippen molar-refractivity contribution in [1.29, 1.82) is 0 Å². The van der Waals surface area contributed by atoms with E-state index in [1.807, 2.05) is 6.92 Å². The first kappa shape index (κ1) is 18.6. The number of carbonyl (C=O) groups is 1. The van der Waals surface area contributed by atoms with Gasteiger partial charge in [-0.2, -0.15) is 0 Å². The Bertz CT molecular complexity index is 378. The highest BCUT2D eigenvalue weighted by Crippen LogP contribution is 2.39. The highest BCUT2D eigenvalue weighted by Gasteiger charge is 2.42. The minimum atomic E-state index is -1.92. The molecule has 0 aromatic carbocycles. The second-order valence-electron chi connectivity index (χ2n) is 7.96. The van der Waals surface area contributed by atoms with Gasteiger partial charge < -0.3 is 9.22 Å². The molecule has 0 bridgehead atoms. The lowest BCUT2D eigenvalue weighted by Gasteiger charge is -2.41. The molecule has 0 N–H and O–H groups in total. The molecule has 0 rings (SSSR count). The smallest absolute Gasteiger partial charge is 0.194 e. The molecule has 0 fully saturated rings. The predicted molar refractivity (Wildman–Crippen MR) is 88.5 cm³/mol. The van der Waals surface area contributed by atoms with E-state index in [1.54, 1.807) is 0 Å². The summed E-state index contributed by atoms with van der Waals surface area (Å²) >= 11 is 0. The van der Waals surface area contributed by atoms with E-state index in [-0.39, 0.29) is 5.04 Å². The van der Waals surface area contributed by atoms with Gasteiger partial charge in [-0.1, -0.05) is 46.3 Å². The summed E-state index contributed by atoms with van der Waals surface area (Å²) in [5.74, 6) is 3.26. The average Bonchev–Trinajstić information content (AvgIpc) is 2.11. The van der Waals surface area contributed by atoms with Crippen LogP contribution >= 0.6 is 0 Å². The van der Waals surface area contributed by atoms with Gasteiger partial charge in [0.2, 0.25) is 0 Å². The first-order valence-corrected chi connectivity index (χ1v) is 13.3. The number of hydrogen-bond acceptors (Lipinski definition) is 2. The second kappa shape index (κ2) is 5.94. The molecule has 110 valence electrons. The summed E-state index contributed by atoms with van der Waals surface area (Å²) in [5.41, 5.74) is 2.71. The maximum Gasteiger partial charge on any atom is 0.194 e. The van der Waals surface area contributed by atoms with Crippen LogP contribution in [0, 0.1) is 11.5 Å². The van der Waals surface area contributed by atoms with E-state index in [0.29, 0.717) is 6.42 Å². The van der Waals surface area contributed by atoms with Gasteiger partial charge in [0.25, 0.3) is 0 Å². The molecule has 0 amide bonds. The number of rotatable bonds is 4. The van der Waals surface area contributed by atoms with E-state index >= 15 is 0 Å². The van der Waals surface area contributed by atoms with Crippen LogP contribution in [0.3, 0.4) is 0 Å². The molecular formula is C15H30O2Si2. The van der Waals surface area contributed by atoms with Crippen LogP contribution in [0.5, 0.6) is 0 Å². The Labute approximate surface area is 121 Å². The van der Waals surface area contributed by atoms with Crippen LogP contribution in [0.15, 0.2) is 0 Å². The highest BCUT2D eigenvalue weighted by molar-refractivity contribution is 6.83. The lowest BCUT2D eigenvalue weighted by molar-refractivity contribution is -0.110. The zero-order valence-electron chi connectivity index (χ0n) is 14.1. The third kappa shape index (κ3) is 6.55. The molecule has 0 heterocycles. The Kier molecular flexibility index (Phi) is 5.83. The normalized spacial score (nSPS) is 16.3. The molecule has 0 radical (unpaired) electrons. The van der Waals surface area contributed by atoms with Crippen molar-refractivity contribution in [2.75, 3.05) is 0 Å². The summed E-state index contributed by atoms with van der Waals surface area (Å²) in [4.78, 5) is 11.0. The monoisotopic (exact) mass is 298 g/mol. The van der Waals surface area contributed by atoms with Gasteiger partial charge in [0.05, 0.1) is 0 Å². The quantitative estimate of drug-likeness (QED) is 0.441. The number of aldehydes is 1. The molecule has 2 nitrogen and oxygen atoms in total. The Morgan fingerprint density at radius 2 is 1.53 bits per heavy atom. The lowest BCUT2D eigenvalue weighted by Crippen LogP contribution is -2.48. The topological polar surface area (TPSA) is 26.3 Å². The zero-order valence-corrected chi connectivity index (χ0v) is 16.1. The van der Waals surface area contributed by atoms with Crippen LogP contribution in [0.1, 0.15) is 34.1 Å². The summed E-state index contributed by atoms with van der Waals surface area (Å²) in [7, 11) is -3.38. The van der Waals surface area contributed by atoms with Crippen LogP contribution in [0.25, 0.3) is 0 Å². The summed E-state index contributed by atoms with van der Waals surface area (Å²) < 4.78 is 6.38. The Hall–Kier alpha value is -0.376. The van der Waals surface area contributed by atoms with Crippen molar-refractivity contribution < 1.29 is 9.22 Å². The van der Waals surface area contributed by atoms with Gasteiger partial charge >= 0.3 is 0 Å². The van der Waals surface area contributed by atoms with Crippen molar-refractivity contribution in [3.05, 3.63) is 0 Å². The third-order valence-corrected chi connectivity index (χ3v) is 8.91. The molecule has 0 aliphatic rings. The first-order chi connectivity index (χ1) is 8.22. The fraction of sp³-hybridized carbons (Fsp3) is 0.800. The number of hydrogen-bond donors (Lipinski definition) is 0. The largest absolute Gasteiger partial charge is 0.401 e. The van der Waals surface area contributed by atoms with E-state index in [4.69, 9.17) is 4.43 Å². The Morgan fingerprint density at radius 1 is 1.05 bits per heavy atom. The molecular weight excluding hydrogens is 268 g/mol. The van der Waals surface area contributed by atoms with Crippen molar-refractivity contribution in [3.8, 4) is 11.5 Å². The van der Waals surface area contributed by atoms with Crippen LogP contribution in [0.2, 0.25) is 37.8 Å².